The monoisotopic (exact) mass is 355 g/mol. The number of pyridine rings is 1. The highest BCUT2D eigenvalue weighted by Crippen LogP contribution is 2.45. The number of carbonyl (C=O) groups is 1. The van der Waals surface area contributed by atoms with Crippen molar-refractivity contribution in [2.45, 2.75) is 12.1 Å². The van der Waals surface area contributed by atoms with Crippen LogP contribution in [0.5, 0.6) is 0 Å². The summed E-state index contributed by atoms with van der Waals surface area (Å²) in [5, 5.41) is 0. The summed E-state index contributed by atoms with van der Waals surface area (Å²) >= 11 is 0. The Kier molecular flexibility index (Phi) is 3.64. The molecular weight excluding hydrogens is 338 g/mol. The molecule has 1 saturated heterocycles. The van der Waals surface area contributed by atoms with Gasteiger partial charge in [0.1, 0.15) is 11.7 Å². The lowest BCUT2D eigenvalue weighted by molar-refractivity contribution is 0.132. The summed E-state index contributed by atoms with van der Waals surface area (Å²) < 4.78 is 7.74. The van der Waals surface area contributed by atoms with Crippen molar-refractivity contribution in [3.8, 4) is 0 Å². The van der Waals surface area contributed by atoms with Crippen molar-refractivity contribution < 1.29 is 9.53 Å². The van der Waals surface area contributed by atoms with Crippen LogP contribution in [0.3, 0.4) is 0 Å². The lowest BCUT2D eigenvalue weighted by atomic mass is 9.95. The number of carbonyl (C=O) groups excluding carboxylic acids is 1. The van der Waals surface area contributed by atoms with Gasteiger partial charge < -0.3 is 9.14 Å². The number of anilines is 1. The van der Waals surface area contributed by atoms with Crippen LogP contribution in [-0.2, 0) is 4.74 Å². The maximum absolute atomic E-state index is 12.9. The van der Waals surface area contributed by atoms with Gasteiger partial charge in [-0.3, -0.25) is 4.90 Å². The first-order valence-corrected chi connectivity index (χ1v) is 8.84. The lowest BCUT2D eigenvalue weighted by Crippen LogP contribution is -2.28. The summed E-state index contributed by atoms with van der Waals surface area (Å²) in [6, 6.07) is 23.5. The number of nitrogens with zero attached hydrogens (tertiary/aromatic N) is 3. The van der Waals surface area contributed by atoms with E-state index >= 15 is 0 Å². The second-order valence-electron chi connectivity index (χ2n) is 6.52. The molecule has 0 bridgehead atoms. The molecule has 0 saturated carbocycles. The summed E-state index contributed by atoms with van der Waals surface area (Å²) in [5.74, 6) is 0. The van der Waals surface area contributed by atoms with Crippen LogP contribution < -0.4 is 4.90 Å². The molecule has 0 N–H and O–H groups in total. The van der Waals surface area contributed by atoms with Crippen LogP contribution in [0.25, 0.3) is 5.65 Å². The number of cyclic esters (lactones) is 1. The standard InChI is InChI=1S/C22H17N3O2/c26-22-25(18-11-12-19-23-13-14-24(19)15-18)20(16-7-3-1-4-8-16)21(27-22)17-9-5-2-6-10-17/h1-15,20-21H/t20-,21?/m0/s1. The number of amides is 1. The maximum Gasteiger partial charge on any atom is 0.415 e. The van der Waals surface area contributed by atoms with Gasteiger partial charge in [0.25, 0.3) is 0 Å². The molecule has 2 atom stereocenters. The van der Waals surface area contributed by atoms with Crippen molar-refractivity contribution >= 4 is 17.4 Å². The van der Waals surface area contributed by atoms with Crippen LogP contribution in [0, 0.1) is 0 Å². The van der Waals surface area contributed by atoms with Crippen molar-refractivity contribution in [3.05, 3.63) is 103 Å². The molecule has 5 rings (SSSR count). The van der Waals surface area contributed by atoms with Gasteiger partial charge in [-0.05, 0) is 23.3 Å². The van der Waals surface area contributed by atoms with E-state index in [9.17, 15) is 4.79 Å². The van der Waals surface area contributed by atoms with E-state index in [2.05, 4.69) is 4.98 Å². The number of hydrogen-bond donors (Lipinski definition) is 0. The van der Waals surface area contributed by atoms with Crippen molar-refractivity contribution in [2.75, 3.05) is 4.90 Å². The SMILES string of the molecule is O=C1OC(c2ccccc2)[C@H](c2ccccc2)N1c1ccc2nccn2c1. The van der Waals surface area contributed by atoms with Crippen LogP contribution in [0.15, 0.2) is 91.4 Å². The summed E-state index contributed by atoms with van der Waals surface area (Å²) in [6.45, 7) is 0. The number of aromatic nitrogens is 2. The first-order valence-electron chi connectivity index (χ1n) is 8.84. The third kappa shape index (κ3) is 2.64. The average molecular weight is 355 g/mol. The van der Waals surface area contributed by atoms with Gasteiger partial charge in [-0.15, -0.1) is 0 Å². The highest BCUT2D eigenvalue weighted by atomic mass is 16.6. The Bertz CT molecular complexity index is 1090. The first kappa shape index (κ1) is 15.6. The van der Waals surface area contributed by atoms with Crippen molar-refractivity contribution in [1.29, 1.82) is 0 Å². The Morgan fingerprint density at radius 2 is 1.56 bits per heavy atom. The summed E-state index contributed by atoms with van der Waals surface area (Å²) in [6.07, 6.45) is 4.79. The van der Waals surface area contributed by atoms with Crippen LogP contribution in [0.2, 0.25) is 0 Å². The predicted molar refractivity (Wildman–Crippen MR) is 103 cm³/mol. The predicted octanol–water partition coefficient (Wildman–Crippen LogP) is 4.77. The third-order valence-electron chi connectivity index (χ3n) is 4.91. The van der Waals surface area contributed by atoms with E-state index in [0.717, 1.165) is 22.5 Å². The van der Waals surface area contributed by atoms with Gasteiger partial charge in [0, 0.05) is 18.6 Å². The number of hydrogen-bond acceptors (Lipinski definition) is 3. The Morgan fingerprint density at radius 3 is 2.30 bits per heavy atom. The summed E-state index contributed by atoms with van der Waals surface area (Å²) in [4.78, 5) is 18.9. The fourth-order valence-electron chi connectivity index (χ4n) is 3.66. The molecular formula is C22H17N3O2. The Morgan fingerprint density at radius 1 is 0.852 bits per heavy atom. The molecule has 1 unspecified atom stereocenters. The molecule has 1 aliphatic rings. The van der Waals surface area contributed by atoms with Crippen molar-refractivity contribution in [3.63, 3.8) is 0 Å². The number of benzene rings is 2. The van der Waals surface area contributed by atoms with Gasteiger partial charge in [-0.1, -0.05) is 60.7 Å². The minimum Gasteiger partial charge on any atom is -0.438 e. The molecule has 0 aliphatic carbocycles. The number of fused-ring (bicyclic) bond motifs is 1. The molecule has 0 radical (unpaired) electrons. The Balaban J connectivity index is 1.65. The molecule has 4 aromatic rings. The molecule has 1 aliphatic heterocycles. The fourth-order valence-corrected chi connectivity index (χ4v) is 3.66. The second kappa shape index (κ2) is 6.29. The molecule has 1 amide bonds. The smallest absolute Gasteiger partial charge is 0.415 e. The highest BCUT2D eigenvalue weighted by Gasteiger charge is 2.44. The van der Waals surface area contributed by atoms with E-state index in [0.29, 0.717) is 0 Å². The molecule has 3 heterocycles. The normalized spacial score (nSPS) is 19.4. The van der Waals surface area contributed by atoms with E-state index in [1.807, 2.05) is 89.6 Å². The van der Waals surface area contributed by atoms with Crippen LogP contribution in [-0.4, -0.2) is 15.5 Å². The van der Waals surface area contributed by atoms with Gasteiger partial charge in [0.2, 0.25) is 0 Å². The highest BCUT2D eigenvalue weighted by molar-refractivity contribution is 5.91. The molecule has 2 aromatic carbocycles. The Hall–Kier alpha value is -3.60. The molecule has 1 fully saturated rings. The lowest BCUT2D eigenvalue weighted by Gasteiger charge is -2.25. The summed E-state index contributed by atoms with van der Waals surface area (Å²) in [5.41, 5.74) is 3.62. The molecule has 27 heavy (non-hydrogen) atoms. The van der Waals surface area contributed by atoms with Gasteiger partial charge in [0.05, 0.1) is 5.69 Å². The van der Waals surface area contributed by atoms with Crippen molar-refractivity contribution in [2.24, 2.45) is 0 Å². The first-order chi connectivity index (χ1) is 13.3. The fraction of sp³-hybridized carbons (Fsp3) is 0.0909. The third-order valence-corrected chi connectivity index (χ3v) is 4.91. The largest absolute Gasteiger partial charge is 0.438 e. The molecule has 5 nitrogen and oxygen atoms in total. The zero-order valence-corrected chi connectivity index (χ0v) is 14.5. The molecule has 0 spiro atoms. The van der Waals surface area contributed by atoms with E-state index in [1.165, 1.54) is 0 Å². The van der Waals surface area contributed by atoms with E-state index < -0.39 is 0 Å². The molecule has 5 heteroatoms. The average Bonchev–Trinajstić information content (AvgIpc) is 3.32. The van der Waals surface area contributed by atoms with Crippen LogP contribution >= 0.6 is 0 Å². The zero-order valence-electron chi connectivity index (χ0n) is 14.5. The quantitative estimate of drug-likeness (QED) is 0.532. The topological polar surface area (TPSA) is 46.8 Å². The number of ether oxygens (including phenoxy) is 1. The minimum atomic E-state index is -0.375. The van der Waals surface area contributed by atoms with Crippen LogP contribution in [0.4, 0.5) is 10.5 Å². The van der Waals surface area contributed by atoms with Gasteiger partial charge in [0.15, 0.2) is 6.10 Å². The van der Waals surface area contributed by atoms with Gasteiger partial charge in [-0.2, -0.15) is 0 Å². The van der Waals surface area contributed by atoms with E-state index in [-0.39, 0.29) is 18.2 Å². The summed E-state index contributed by atoms with van der Waals surface area (Å²) in [7, 11) is 0. The van der Waals surface area contributed by atoms with Gasteiger partial charge >= 0.3 is 6.09 Å². The number of imidazole rings is 1. The number of rotatable bonds is 3. The zero-order chi connectivity index (χ0) is 18.2. The van der Waals surface area contributed by atoms with Crippen LogP contribution in [0.1, 0.15) is 23.3 Å². The minimum absolute atomic E-state index is 0.248. The molecule has 2 aromatic heterocycles. The van der Waals surface area contributed by atoms with Gasteiger partial charge in [-0.25, -0.2) is 9.78 Å². The second-order valence-corrected chi connectivity index (χ2v) is 6.52. The molecule has 132 valence electrons. The Labute approximate surface area is 156 Å². The van der Waals surface area contributed by atoms with E-state index in [1.54, 1.807) is 11.1 Å². The van der Waals surface area contributed by atoms with Crippen molar-refractivity contribution in [1.82, 2.24) is 9.38 Å². The van der Waals surface area contributed by atoms with E-state index in [4.69, 9.17) is 4.74 Å². The maximum atomic E-state index is 12.9.